The number of carbonyl (C=O) groups is 2. The molecule has 9 heavy (non-hydrogen) atoms. The van der Waals surface area contributed by atoms with E-state index in [9.17, 15) is 0 Å². The van der Waals surface area contributed by atoms with Gasteiger partial charge in [-0.05, 0) is 0 Å². The first kappa shape index (κ1) is 22.5. The van der Waals surface area contributed by atoms with Gasteiger partial charge in [0.05, 0.1) is 0 Å². The van der Waals surface area contributed by atoms with Crippen LogP contribution in [0.15, 0.2) is 0 Å². The van der Waals surface area contributed by atoms with Crippen LogP contribution in [-0.4, -0.2) is 125 Å². The van der Waals surface area contributed by atoms with Crippen LogP contribution >= 0.6 is 0 Å². The Kier molecular flexibility index (Phi) is 31.9. The Hall–Kier alpha value is 2.14. The van der Waals surface area contributed by atoms with Gasteiger partial charge < -0.3 is 10.2 Å². The number of carboxylic acid groups (broad SMARTS) is 2. The van der Waals surface area contributed by atoms with Crippen molar-refractivity contribution < 1.29 is 24.5 Å². The van der Waals surface area contributed by atoms with Gasteiger partial charge in [-0.15, -0.1) is 0 Å². The average Bonchev–Trinajstić information content (AvgIpc) is 1.36. The standard InChI is InChI=1S/C2H2O4.FH.2K.2H/c3-1(4)2(5)6;;;;;/h(H,3,4)(H,5,6);1H;;;;. The van der Waals surface area contributed by atoms with Crippen LogP contribution in [0.2, 0.25) is 0 Å². The third kappa shape index (κ3) is 17.8. The Morgan fingerprint density at radius 3 is 1.00 bits per heavy atom. The zero-order valence-corrected chi connectivity index (χ0v) is 3.12. The zero-order chi connectivity index (χ0) is 5.15. The van der Waals surface area contributed by atoms with Gasteiger partial charge in [-0.1, -0.05) is 0 Å². The molecule has 0 radical (unpaired) electrons. The number of carboxylic acids is 2. The topological polar surface area (TPSA) is 74.6 Å². The molecule has 0 atom stereocenters. The summed E-state index contributed by atoms with van der Waals surface area (Å²) in [5.74, 6) is -3.65. The van der Waals surface area contributed by atoms with Crippen LogP contribution in [0.1, 0.15) is 0 Å². The number of aliphatic carboxylic acids is 2. The molecular formula is C2H5FK2O4. The number of hydrogen-bond acceptors (Lipinski definition) is 2. The predicted octanol–water partition coefficient (Wildman–Crippen LogP) is -1.99. The number of halogens is 1. The van der Waals surface area contributed by atoms with Crippen molar-refractivity contribution in [2.75, 3.05) is 0 Å². The Bertz CT molecular complexity index is 82.6. The summed E-state index contributed by atoms with van der Waals surface area (Å²) in [6.07, 6.45) is 0. The van der Waals surface area contributed by atoms with Crippen molar-refractivity contribution in [1.82, 2.24) is 0 Å². The van der Waals surface area contributed by atoms with E-state index in [0.29, 0.717) is 0 Å². The van der Waals surface area contributed by atoms with Crippen LogP contribution in [-0.2, 0) is 9.59 Å². The van der Waals surface area contributed by atoms with Gasteiger partial charge in [-0.25, -0.2) is 9.59 Å². The predicted molar refractivity (Wildman–Crippen MR) is 32.1 cm³/mol. The molecule has 4 nitrogen and oxygen atoms in total. The minimum absolute atomic E-state index is 0. The summed E-state index contributed by atoms with van der Waals surface area (Å²) in [5, 5.41) is 14.8. The zero-order valence-electron chi connectivity index (χ0n) is 3.12. The third-order valence-corrected chi connectivity index (χ3v) is 0.183. The first-order chi connectivity index (χ1) is 2.64. The molecule has 0 saturated heterocycles. The Morgan fingerprint density at radius 2 is 1.00 bits per heavy atom. The molecule has 0 aliphatic heterocycles. The fourth-order valence-electron chi connectivity index (χ4n) is 0. The molecule has 46 valence electrons. The fraction of sp³-hybridized carbons (Fsp3) is 0. The average molecular weight is 190 g/mol. The Labute approximate surface area is 136 Å². The first-order valence-electron chi connectivity index (χ1n) is 1.11. The van der Waals surface area contributed by atoms with E-state index in [-0.39, 0.29) is 107 Å². The Morgan fingerprint density at radius 1 is 0.889 bits per heavy atom. The molecule has 0 amide bonds. The van der Waals surface area contributed by atoms with Gasteiger partial charge in [0.15, 0.2) is 0 Å². The van der Waals surface area contributed by atoms with Crippen LogP contribution < -0.4 is 0 Å². The van der Waals surface area contributed by atoms with E-state index in [1.807, 2.05) is 0 Å². The molecule has 0 spiro atoms. The SMILES string of the molecule is F.O=C(O)C(=O)O.[KH].[KH]. The summed E-state index contributed by atoms with van der Waals surface area (Å²) in [4.78, 5) is 18.2. The van der Waals surface area contributed by atoms with E-state index < -0.39 is 11.9 Å². The van der Waals surface area contributed by atoms with Crippen LogP contribution in [0.3, 0.4) is 0 Å². The van der Waals surface area contributed by atoms with Crippen molar-refractivity contribution >= 4 is 115 Å². The Balaban J connectivity index is -0.0000000417. The van der Waals surface area contributed by atoms with Crippen molar-refractivity contribution in [3.05, 3.63) is 0 Å². The van der Waals surface area contributed by atoms with Crippen LogP contribution in [0.5, 0.6) is 0 Å². The molecule has 0 saturated carbocycles. The van der Waals surface area contributed by atoms with Gasteiger partial charge in [0.1, 0.15) is 0 Å². The fourth-order valence-corrected chi connectivity index (χ4v) is 0. The summed E-state index contributed by atoms with van der Waals surface area (Å²) in [5.41, 5.74) is 0. The normalized spacial score (nSPS) is 4.89. The van der Waals surface area contributed by atoms with Gasteiger partial charge in [0, 0.05) is 0 Å². The molecule has 7 heteroatoms. The second-order valence-electron chi connectivity index (χ2n) is 0.610. The molecule has 0 unspecified atom stereocenters. The maximum atomic E-state index is 9.10. The second-order valence-corrected chi connectivity index (χ2v) is 0.610. The van der Waals surface area contributed by atoms with Crippen molar-refractivity contribution in [3.8, 4) is 0 Å². The van der Waals surface area contributed by atoms with E-state index in [4.69, 9.17) is 19.8 Å². The molecule has 0 fully saturated rings. The molecule has 0 aromatic rings. The van der Waals surface area contributed by atoms with Crippen molar-refractivity contribution in [2.45, 2.75) is 0 Å². The van der Waals surface area contributed by atoms with Crippen LogP contribution in [0, 0.1) is 0 Å². The molecule has 0 aliphatic carbocycles. The van der Waals surface area contributed by atoms with Gasteiger partial charge in [0.2, 0.25) is 0 Å². The number of rotatable bonds is 0. The second kappa shape index (κ2) is 12.8. The van der Waals surface area contributed by atoms with E-state index in [1.54, 1.807) is 0 Å². The molecule has 0 aliphatic rings. The van der Waals surface area contributed by atoms with E-state index >= 15 is 0 Å². The summed E-state index contributed by atoms with van der Waals surface area (Å²) in [7, 11) is 0. The monoisotopic (exact) mass is 190 g/mol. The summed E-state index contributed by atoms with van der Waals surface area (Å²) < 4.78 is 0. The molecule has 0 heterocycles. The summed E-state index contributed by atoms with van der Waals surface area (Å²) in [6.45, 7) is 0. The molecule has 0 aromatic carbocycles. The maximum absolute atomic E-state index is 9.10. The molecule has 2 N–H and O–H groups in total. The minimum atomic E-state index is -1.82. The van der Waals surface area contributed by atoms with Crippen LogP contribution in [0.4, 0.5) is 4.70 Å². The molecule has 0 bridgehead atoms. The molecular weight excluding hydrogens is 185 g/mol. The number of hydrogen-bond donors (Lipinski definition) is 2. The summed E-state index contributed by atoms with van der Waals surface area (Å²) >= 11 is 0. The molecule has 0 rings (SSSR count). The quantitative estimate of drug-likeness (QED) is 0.342. The van der Waals surface area contributed by atoms with Gasteiger partial charge in [0.25, 0.3) is 0 Å². The van der Waals surface area contributed by atoms with E-state index in [0.717, 1.165) is 0 Å². The van der Waals surface area contributed by atoms with Crippen molar-refractivity contribution in [1.29, 1.82) is 0 Å². The summed E-state index contributed by atoms with van der Waals surface area (Å²) in [6, 6.07) is 0. The van der Waals surface area contributed by atoms with Crippen molar-refractivity contribution in [2.24, 2.45) is 0 Å². The van der Waals surface area contributed by atoms with Gasteiger partial charge >= 0.3 is 115 Å². The van der Waals surface area contributed by atoms with E-state index in [1.165, 1.54) is 0 Å². The van der Waals surface area contributed by atoms with Crippen LogP contribution in [0.25, 0.3) is 0 Å². The van der Waals surface area contributed by atoms with Crippen molar-refractivity contribution in [3.63, 3.8) is 0 Å². The van der Waals surface area contributed by atoms with Gasteiger partial charge in [-0.3, -0.25) is 4.70 Å². The van der Waals surface area contributed by atoms with Gasteiger partial charge in [-0.2, -0.15) is 0 Å². The molecule has 0 aromatic heterocycles. The first-order valence-corrected chi connectivity index (χ1v) is 1.11. The van der Waals surface area contributed by atoms with E-state index in [2.05, 4.69) is 0 Å². The third-order valence-electron chi connectivity index (χ3n) is 0.183.